The van der Waals surface area contributed by atoms with Gasteiger partial charge in [-0.2, -0.15) is 0 Å². The molecule has 2 aliphatic rings. The first-order chi connectivity index (χ1) is 11.2. The van der Waals surface area contributed by atoms with Crippen LogP contribution in [0.5, 0.6) is 0 Å². The van der Waals surface area contributed by atoms with E-state index in [0.717, 1.165) is 31.6 Å². The topological polar surface area (TPSA) is 47.9 Å². The molecule has 0 aromatic rings. The highest BCUT2D eigenvalue weighted by molar-refractivity contribution is 5.78. The summed E-state index contributed by atoms with van der Waals surface area (Å²) in [4.78, 5) is 16.7. The number of rotatable bonds is 8. The van der Waals surface area contributed by atoms with Crippen molar-refractivity contribution in [2.75, 3.05) is 6.61 Å². The Labute approximate surface area is 141 Å². The van der Waals surface area contributed by atoms with Crippen molar-refractivity contribution in [3.05, 3.63) is 0 Å². The van der Waals surface area contributed by atoms with E-state index in [-0.39, 0.29) is 18.0 Å². The standard InChI is InChI=1S/C19H32NO3/c1-3-5-6-8-16-13-22-14-20-18(16)19(21)23-17-11-9-15(7-4-2)10-12-17/h15-18H,3-13H2,1-2H3. The van der Waals surface area contributed by atoms with Crippen molar-refractivity contribution in [2.45, 2.75) is 90.2 Å². The number of ether oxygens (including phenoxy) is 2. The van der Waals surface area contributed by atoms with Crippen LogP contribution < -0.4 is 0 Å². The molecular weight excluding hydrogens is 290 g/mol. The summed E-state index contributed by atoms with van der Waals surface area (Å²) in [6.07, 6.45) is 14.0. The van der Waals surface area contributed by atoms with E-state index in [1.54, 1.807) is 0 Å². The smallest absolute Gasteiger partial charge is 0.331 e. The summed E-state index contributed by atoms with van der Waals surface area (Å²) in [5, 5.41) is 0. The normalized spacial score (nSPS) is 30.7. The molecule has 1 saturated carbocycles. The first-order valence-corrected chi connectivity index (χ1v) is 9.51. The fraction of sp³-hybridized carbons (Fsp3) is 0.895. The average molecular weight is 322 g/mol. The molecule has 0 amide bonds. The van der Waals surface area contributed by atoms with Crippen LogP contribution in [0.4, 0.5) is 0 Å². The van der Waals surface area contributed by atoms with Crippen LogP contribution in [-0.4, -0.2) is 31.1 Å². The quantitative estimate of drug-likeness (QED) is 0.492. The second-order valence-electron chi connectivity index (χ2n) is 7.10. The third-order valence-electron chi connectivity index (χ3n) is 5.19. The molecule has 1 fully saturated rings. The number of nitrogens with zero attached hydrogens (tertiary/aromatic N) is 1. The molecular formula is C19H32NO3. The maximum atomic E-state index is 12.5. The van der Waals surface area contributed by atoms with E-state index in [0.29, 0.717) is 6.61 Å². The predicted octanol–water partition coefficient (Wildman–Crippen LogP) is 4.39. The molecule has 1 heterocycles. The van der Waals surface area contributed by atoms with E-state index in [2.05, 4.69) is 25.2 Å². The van der Waals surface area contributed by atoms with Crippen molar-refractivity contribution in [1.82, 2.24) is 0 Å². The van der Waals surface area contributed by atoms with Gasteiger partial charge in [0.05, 0.1) is 6.61 Å². The lowest BCUT2D eigenvalue weighted by atomic mass is 9.84. The highest BCUT2D eigenvalue weighted by Crippen LogP contribution is 2.30. The highest BCUT2D eigenvalue weighted by atomic mass is 16.5. The largest absolute Gasteiger partial charge is 0.474 e. The molecule has 0 N–H and O–H groups in total. The van der Waals surface area contributed by atoms with Gasteiger partial charge in [-0.15, -0.1) is 0 Å². The Balaban J connectivity index is 1.79. The van der Waals surface area contributed by atoms with Gasteiger partial charge in [0.25, 0.3) is 6.40 Å². The van der Waals surface area contributed by atoms with Crippen LogP contribution in [0.3, 0.4) is 0 Å². The highest BCUT2D eigenvalue weighted by Gasteiger charge is 2.34. The van der Waals surface area contributed by atoms with Gasteiger partial charge in [0.2, 0.25) is 0 Å². The molecule has 1 aliphatic carbocycles. The Morgan fingerprint density at radius 3 is 2.61 bits per heavy atom. The number of hydrogen-bond acceptors (Lipinski definition) is 4. The van der Waals surface area contributed by atoms with Crippen LogP contribution in [0.1, 0.15) is 78.1 Å². The minimum atomic E-state index is -0.408. The molecule has 0 aromatic heterocycles. The van der Waals surface area contributed by atoms with E-state index < -0.39 is 6.04 Å². The lowest BCUT2D eigenvalue weighted by Gasteiger charge is -2.30. The van der Waals surface area contributed by atoms with Crippen LogP contribution in [0.25, 0.3) is 0 Å². The number of esters is 1. The van der Waals surface area contributed by atoms with Crippen LogP contribution >= 0.6 is 0 Å². The molecule has 0 saturated heterocycles. The van der Waals surface area contributed by atoms with Crippen molar-refractivity contribution in [2.24, 2.45) is 16.8 Å². The summed E-state index contributed by atoms with van der Waals surface area (Å²) >= 11 is 0. The van der Waals surface area contributed by atoms with Crippen molar-refractivity contribution in [1.29, 1.82) is 0 Å². The maximum Gasteiger partial charge on any atom is 0.331 e. The van der Waals surface area contributed by atoms with Crippen LogP contribution in [0.15, 0.2) is 4.99 Å². The average Bonchev–Trinajstić information content (AvgIpc) is 2.57. The minimum absolute atomic E-state index is 0.0879. The monoisotopic (exact) mass is 322 g/mol. The van der Waals surface area contributed by atoms with Gasteiger partial charge in [-0.05, 0) is 38.0 Å². The van der Waals surface area contributed by atoms with Gasteiger partial charge in [0, 0.05) is 5.92 Å². The Kier molecular flexibility index (Phi) is 7.90. The summed E-state index contributed by atoms with van der Waals surface area (Å²) in [7, 11) is 0. The molecule has 1 aliphatic heterocycles. The van der Waals surface area contributed by atoms with Crippen molar-refractivity contribution in [3.8, 4) is 0 Å². The first kappa shape index (κ1) is 18.3. The van der Waals surface area contributed by atoms with Crippen molar-refractivity contribution >= 4 is 12.4 Å². The molecule has 131 valence electrons. The minimum Gasteiger partial charge on any atom is -0.474 e. The fourth-order valence-electron chi connectivity index (χ4n) is 3.76. The summed E-state index contributed by atoms with van der Waals surface area (Å²) in [5.41, 5.74) is 0. The molecule has 2 rings (SSSR count). The summed E-state index contributed by atoms with van der Waals surface area (Å²) in [5.74, 6) is 0.805. The lowest BCUT2D eigenvalue weighted by molar-refractivity contribution is -0.154. The number of unbranched alkanes of at least 4 members (excludes halogenated alkanes) is 2. The Morgan fingerprint density at radius 1 is 1.13 bits per heavy atom. The Bertz CT molecular complexity index is 375. The maximum absolute atomic E-state index is 12.5. The van der Waals surface area contributed by atoms with Gasteiger partial charge in [-0.1, -0.05) is 46.0 Å². The van der Waals surface area contributed by atoms with Gasteiger partial charge < -0.3 is 9.47 Å². The van der Waals surface area contributed by atoms with E-state index in [1.165, 1.54) is 38.5 Å². The second kappa shape index (κ2) is 9.94. The fourth-order valence-corrected chi connectivity index (χ4v) is 3.76. The summed E-state index contributed by atoms with van der Waals surface area (Å²) in [6, 6.07) is -0.408. The molecule has 2 atom stereocenters. The molecule has 0 aromatic carbocycles. The number of carbonyl (C=O) groups excluding carboxylic acids is 1. The molecule has 2 unspecified atom stereocenters. The van der Waals surface area contributed by atoms with Crippen LogP contribution in [0, 0.1) is 11.8 Å². The SMILES string of the molecule is CCCCCC1CO[C]=NC1C(=O)OC1CCC(CCC)CC1. The van der Waals surface area contributed by atoms with E-state index in [9.17, 15) is 4.79 Å². The third-order valence-corrected chi connectivity index (χ3v) is 5.19. The lowest BCUT2D eigenvalue weighted by Crippen LogP contribution is -2.38. The number of hydrogen-bond donors (Lipinski definition) is 0. The first-order valence-electron chi connectivity index (χ1n) is 9.51. The Morgan fingerprint density at radius 2 is 1.91 bits per heavy atom. The van der Waals surface area contributed by atoms with Gasteiger partial charge >= 0.3 is 5.97 Å². The van der Waals surface area contributed by atoms with Crippen LogP contribution in [-0.2, 0) is 14.3 Å². The third kappa shape index (κ3) is 5.82. The van der Waals surface area contributed by atoms with Gasteiger partial charge in [0.1, 0.15) is 6.10 Å². The molecule has 4 nitrogen and oxygen atoms in total. The summed E-state index contributed by atoms with van der Waals surface area (Å²) < 4.78 is 11.0. The van der Waals surface area contributed by atoms with Crippen molar-refractivity contribution in [3.63, 3.8) is 0 Å². The van der Waals surface area contributed by atoms with E-state index >= 15 is 0 Å². The van der Waals surface area contributed by atoms with Gasteiger partial charge in [0.15, 0.2) is 6.04 Å². The molecule has 1 radical (unpaired) electrons. The van der Waals surface area contributed by atoms with E-state index in [1.807, 2.05) is 0 Å². The van der Waals surface area contributed by atoms with Crippen LogP contribution in [0.2, 0.25) is 0 Å². The Hall–Kier alpha value is -1.06. The molecule has 23 heavy (non-hydrogen) atoms. The van der Waals surface area contributed by atoms with E-state index in [4.69, 9.17) is 9.47 Å². The zero-order chi connectivity index (χ0) is 16.5. The molecule has 0 spiro atoms. The second-order valence-corrected chi connectivity index (χ2v) is 7.10. The van der Waals surface area contributed by atoms with Gasteiger partial charge in [-0.25, -0.2) is 9.79 Å². The number of carbonyl (C=O) groups is 1. The zero-order valence-electron chi connectivity index (χ0n) is 14.8. The van der Waals surface area contributed by atoms with Gasteiger partial charge in [-0.3, -0.25) is 0 Å². The zero-order valence-corrected chi connectivity index (χ0v) is 14.8. The molecule has 4 heteroatoms. The molecule has 0 bridgehead atoms. The van der Waals surface area contributed by atoms with Crippen molar-refractivity contribution < 1.29 is 14.3 Å². The summed E-state index contributed by atoms with van der Waals surface area (Å²) in [6.45, 7) is 4.96. The predicted molar refractivity (Wildman–Crippen MR) is 91.6 cm³/mol. The number of aliphatic imine (C=N–C) groups is 1.